The number of halogens is 1. The normalized spacial score (nSPS) is 15.7. The number of piperazine rings is 1. The maximum absolute atomic E-state index is 15.3. The van der Waals surface area contributed by atoms with E-state index in [1.165, 1.54) is 11.3 Å². The molecule has 2 aromatic rings. The summed E-state index contributed by atoms with van der Waals surface area (Å²) in [6.07, 6.45) is 3.73. The van der Waals surface area contributed by atoms with Crippen molar-refractivity contribution in [2.75, 3.05) is 36.0 Å². The maximum atomic E-state index is 15.3. The molecular weight excluding hydrogens is 381 g/mol. The van der Waals surface area contributed by atoms with Crippen LogP contribution >= 0.6 is 0 Å². The molecule has 0 unspecified atom stereocenters. The monoisotopic (exact) mass is 415 g/mol. The van der Waals surface area contributed by atoms with Gasteiger partial charge in [-0.1, -0.05) is 32.9 Å². The van der Waals surface area contributed by atoms with E-state index in [9.17, 15) is 0 Å². The lowest BCUT2D eigenvalue weighted by atomic mass is 10.1. The van der Waals surface area contributed by atoms with Crippen LogP contribution in [-0.2, 0) is 11.0 Å². The third kappa shape index (κ3) is 4.81. The predicted molar refractivity (Wildman–Crippen MR) is 122 cm³/mol. The fraction of sp³-hybridized carbons (Fsp3) is 0.522. The second-order valence-electron chi connectivity index (χ2n) is 9.44. The molecule has 158 valence electrons. The molecule has 0 atom stereocenters. The molecule has 0 aliphatic carbocycles. The molecule has 0 N–H and O–H groups in total. The summed E-state index contributed by atoms with van der Waals surface area (Å²) in [6.45, 7) is 16.8. The van der Waals surface area contributed by atoms with Gasteiger partial charge < -0.3 is 14.2 Å². The number of anilines is 2. The first-order valence-electron chi connectivity index (χ1n) is 10.4. The number of rotatable bonds is 5. The minimum absolute atomic E-state index is 0.114. The van der Waals surface area contributed by atoms with E-state index in [1.807, 2.05) is 30.6 Å². The number of hydrogen-bond acceptors (Lipinski definition) is 4. The predicted octanol–water partition coefficient (Wildman–Crippen LogP) is 5.38. The van der Waals surface area contributed by atoms with Gasteiger partial charge in [-0.15, -0.1) is 0 Å². The number of hydrogen-bond donors (Lipinski definition) is 0. The van der Waals surface area contributed by atoms with Crippen LogP contribution in [0.1, 0.15) is 31.9 Å². The molecule has 6 heteroatoms. The minimum Gasteiger partial charge on any atom is -0.412 e. The molecule has 1 aromatic heterocycles. The van der Waals surface area contributed by atoms with Crippen molar-refractivity contribution in [2.24, 2.45) is 0 Å². The Bertz CT molecular complexity index is 842. The molecule has 1 saturated heterocycles. The highest BCUT2D eigenvalue weighted by molar-refractivity contribution is 6.74. The van der Waals surface area contributed by atoms with Gasteiger partial charge in [-0.25, -0.2) is 4.39 Å². The summed E-state index contributed by atoms with van der Waals surface area (Å²) >= 11 is 0. The Kier molecular flexibility index (Phi) is 6.34. The van der Waals surface area contributed by atoms with Gasteiger partial charge in [-0.2, -0.15) is 0 Å². The van der Waals surface area contributed by atoms with Crippen molar-refractivity contribution in [3.8, 4) is 0 Å². The van der Waals surface area contributed by atoms with E-state index in [4.69, 9.17) is 4.43 Å². The number of aromatic nitrogens is 1. The fourth-order valence-electron chi connectivity index (χ4n) is 3.41. The van der Waals surface area contributed by atoms with E-state index < -0.39 is 8.32 Å². The molecule has 0 amide bonds. The summed E-state index contributed by atoms with van der Waals surface area (Å²) < 4.78 is 21.5. The van der Waals surface area contributed by atoms with E-state index in [0.717, 1.165) is 26.2 Å². The molecule has 3 rings (SSSR count). The van der Waals surface area contributed by atoms with E-state index in [0.29, 0.717) is 17.9 Å². The van der Waals surface area contributed by atoms with Gasteiger partial charge in [0, 0.05) is 49.8 Å². The van der Waals surface area contributed by atoms with Crippen LogP contribution in [0.2, 0.25) is 18.1 Å². The van der Waals surface area contributed by atoms with Gasteiger partial charge in [-0.3, -0.25) is 4.98 Å². The Morgan fingerprint density at radius 3 is 2.24 bits per heavy atom. The van der Waals surface area contributed by atoms with Gasteiger partial charge in [0.1, 0.15) is 0 Å². The number of benzene rings is 1. The Balaban J connectivity index is 1.68. The fourth-order valence-corrected chi connectivity index (χ4v) is 4.36. The molecule has 1 fully saturated rings. The largest absolute Gasteiger partial charge is 0.412 e. The van der Waals surface area contributed by atoms with Crippen molar-refractivity contribution in [3.63, 3.8) is 0 Å². The average Bonchev–Trinajstić information content (AvgIpc) is 2.67. The van der Waals surface area contributed by atoms with Crippen LogP contribution in [0.15, 0.2) is 36.7 Å². The minimum atomic E-state index is -1.91. The quantitative estimate of drug-likeness (QED) is 0.613. The van der Waals surface area contributed by atoms with Crippen molar-refractivity contribution in [1.82, 2.24) is 4.98 Å². The van der Waals surface area contributed by atoms with Crippen LogP contribution < -0.4 is 9.80 Å². The van der Waals surface area contributed by atoms with E-state index >= 15 is 4.39 Å². The highest BCUT2D eigenvalue weighted by atomic mass is 28.4. The molecule has 1 aliphatic rings. The Morgan fingerprint density at radius 1 is 1.03 bits per heavy atom. The second kappa shape index (κ2) is 8.44. The van der Waals surface area contributed by atoms with Gasteiger partial charge in [0.2, 0.25) is 0 Å². The number of nitrogens with zero attached hydrogens (tertiary/aromatic N) is 3. The summed E-state index contributed by atoms with van der Waals surface area (Å²) in [4.78, 5) is 8.69. The smallest absolute Gasteiger partial charge is 0.192 e. The average molecular weight is 416 g/mol. The van der Waals surface area contributed by atoms with E-state index in [2.05, 4.69) is 61.6 Å². The maximum Gasteiger partial charge on any atom is 0.192 e. The van der Waals surface area contributed by atoms with Gasteiger partial charge in [0.25, 0.3) is 0 Å². The van der Waals surface area contributed by atoms with Gasteiger partial charge in [0.15, 0.2) is 14.1 Å². The molecule has 0 radical (unpaired) electrons. The molecular formula is C23H34FN3OSi. The molecule has 0 saturated carbocycles. The van der Waals surface area contributed by atoms with Crippen molar-refractivity contribution >= 4 is 19.7 Å². The lowest BCUT2D eigenvalue weighted by Gasteiger charge is -2.38. The van der Waals surface area contributed by atoms with E-state index in [1.54, 1.807) is 0 Å². The molecule has 0 bridgehead atoms. The van der Waals surface area contributed by atoms with Crippen LogP contribution in [0.5, 0.6) is 0 Å². The Morgan fingerprint density at radius 2 is 1.66 bits per heavy atom. The van der Waals surface area contributed by atoms with Crippen molar-refractivity contribution in [1.29, 1.82) is 0 Å². The molecule has 4 nitrogen and oxygen atoms in total. The highest BCUT2D eigenvalue weighted by Crippen LogP contribution is 2.37. The second-order valence-corrected chi connectivity index (χ2v) is 14.2. The van der Waals surface area contributed by atoms with Gasteiger partial charge in [-0.05, 0) is 42.8 Å². The van der Waals surface area contributed by atoms with Crippen molar-refractivity contribution in [3.05, 3.63) is 53.6 Å². The molecule has 2 heterocycles. The summed E-state index contributed by atoms with van der Waals surface area (Å²) in [6, 6.07) is 7.74. The van der Waals surface area contributed by atoms with Crippen LogP contribution in [0.25, 0.3) is 0 Å². The lowest BCUT2D eigenvalue weighted by molar-refractivity contribution is 0.271. The number of aryl methyl sites for hydroxylation is 1. The highest BCUT2D eigenvalue weighted by Gasteiger charge is 2.37. The third-order valence-corrected chi connectivity index (χ3v) is 10.9. The van der Waals surface area contributed by atoms with Crippen LogP contribution in [0, 0.1) is 12.7 Å². The zero-order chi connectivity index (χ0) is 21.2. The van der Waals surface area contributed by atoms with Gasteiger partial charge in [0.05, 0.1) is 12.3 Å². The SMILES string of the molecule is Cc1cnccc1N1CCN(c2cccc(CO[Si](C)(C)C(C)(C)C)c2F)CC1. The van der Waals surface area contributed by atoms with Crippen LogP contribution in [0.4, 0.5) is 15.8 Å². The Hall–Kier alpha value is -1.92. The molecule has 1 aromatic carbocycles. The van der Waals surface area contributed by atoms with Gasteiger partial charge >= 0.3 is 0 Å². The third-order valence-electron chi connectivity index (χ3n) is 6.40. The van der Waals surface area contributed by atoms with Crippen molar-refractivity contribution < 1.29 is 8.82 Å². The summed E-state index contributed by atoms with van der Waals surface area (Å²) in [5.74, 6) is -0.139. The van der Waals surface area contributed by atoms with Crippen molar-refractivity contribution in [2.45, 2.75) is 52.4 Å². The Labute approximate surface area is 175 Å². The van der Waals surface area contributed by atoms with E-state index in [-0.39, 0.29) is 10.9 Å². The summed E-state index contributed by atoms with van der Waals surface area (Å²) in [5.41, 5.74) is 3.74. The molecule has 0 spiro atoms. The zero-order valence-corrected chi connectivity index (χ0v) is 19.6. The molecule has 29 heavy (non-hydrogen) atoms. The topological polar surface area (TPSA) is 28.6 Å². The summed E-state index contributed by atoms with van der Waals surface area (Å²) in [7, 11) is -1.91. The summed E-state index contributed by atoms with van der Waals surface area (Å²) in [5, 5.41) is 0.114. The molecule has 1 aliphatic heterocycles. The lowest BCUT2D eigenvalue weighted by Crippen LogP contribution is -2.47. The number of pyridine rings is 1. The zero-order valence-electron chi connectivity index (χ0n) is 18.6. The van der Waals surface area contributed by atoms with Crippen LogP contribution in [0.3, 0.4) is 0 Å². The first-order valence-corrected chi connectivity index (χ1v) is 13.3. The standard InChI is InChI=1S/C23H34FN3OSi/c1-18-16-25-11-10-20(18)26-12-14-27(15-13-26)21-9-7-8-19(22(21)24)17-28-29(5,6)23(2,3)4/h7-11,16H,12-15,17H2,1-6H3. The first-order chi connectivity index (χ1) is 13.6. The van der Waals surface area contributed by atoms with Crippen LogP contribution in [-0.4, -0.2) is 39.5 Å². The first kappa shape index (κ1) is 21.8.